The van der Waals surface area contributed by atoms with Gasteiger partial charge in [0, 0.05) is 6.42 Å². The first-order chi connectivity index (χ1) is 6.93. The van der Waals surface area contributed by atoms with Gasteiger partial charge in [0.1, 0.15) is 6.29 Å². The van der Waals surface area contributed by atoms with E-state index in [9.17, 15) is 4.79 Å². The van der Waals surface area contributed by atoms with Gasteiger partial charge in [0.25, 0.3) is 0 Å². The fourth-order valence-electron chi connectivity index (χ4n) is 1.34. The summed E-state index contributed by atoms with van der Waals surface area (Å²) in [5, 5.41) is 0. The van der Waals surface area contributed by atoms with E-state index >= 15 is 0 Å². The number of rotatable bonds is 6. The Balaban J connectivity index is 2.13. The van der Waals surface area contributed by atoms with Gasteiger partial charge in [-0.2, -0.15) is 0 Å². The molecule has 0 aliphatic heterocycles. The van der Waals surface area contributed by atoms with E-state index in [1.165, 1.54) is 5.56 Å². The fraction of sp³-hybridized carbons (Fsp3) is 0.308. The molecule has 0 fully saturated rings. The SMILES string of the molecule is O=CCC=CCCCc1ccccc1. The standard InChI is InChI=1S/C13H16O/c14-12-8-3-1-2-5-9-13-10-6-4-7-11-13/h1,3-4,6-7,10-12H,2,5,8-9H2. The molecule has 1 rings (SSSR count). The lowest BCUT2D eigenvalue weighted by molar-refractivity contribution is -0.107. The Hall–Kier alpha value is -1.37. The van der Waals surface area contributed by atoms with Gasteiger partial charge in [-0.1, -0.05) is 42.5 Å². The van der Waals surface area contributed by atoms with Crippen molar-refractivity contribution in [2.24, 2.45) is 0 Å². The first kappa shape index (κ1) is 10.7. The van der Waals surface area contributed by atoms with Gasteiger partial charge in [0.05, 0.1) is 0 Å². The third kappa shape index (κ3) is 4.61. The van der Waals surface area contributed by atoms with Crippen LogP contribution in [0, 0.1) is 0 Å². The average molecular weight is 188 g/mol. The highest BCUT2D eigenvalue weighted by Crippen LogP contribution is 2.04. The number of carbonyl (C=O) groups excluding carboxylic acids is 1. The van der Waals surface area contributed by atoms with Gasteiger partial charge in [-0.25, -0.2) is 0 Å². The lowest BCUT2D eigenvalue weighted by atomic mass is 10.1. The molecular formula is C13H16O. The molecule has 1 aromatic rings. The maximum Gasteiger partial charge on any atom is 0.123 e. The van der Waals surface area contributed by atoms with Gasteiger partial charge < -0.3 is 4.79 Å². The molecule has 74 valence electrons. The third-order valence-electron chi connectivity index (χ3n) is 2.08. The van der Waals surface area contributed by atoms with Crippen molar-refractivity contribution in [1.82, 2.24) is 0 Å². The molecule has 0 spiro atoms. The zero-order valence-electron chi connectivity index (χ0n) is 8.36. The number of unbranched alkanes of at least 4 members (excludes halogenated alkanes) is 1. The van der Waals surface area contributed by atoms with Crippen molar-refractivity contribution in [1.29, 1.82) is 0 Å². The van der Waals surface area contributed by atoms with E-state index in [0.717, 1.165) is 25.5 Å². The molecule has 1 heteroatoms. The molecule has 0 atom stereocenters. The Kier molecular flexibility index (Phi) is 5.41. The number of hydrogen-bond donors (Lipinski definition) is 0. The lowest BCUT2D eigenvalue weighted by Crippen LogP contribution is -1.82. The van der Waals surface area contributed by atoms with E-state index in [1.807, 2.05) is 12.1 Å². The molecular weight excluding hydrogens is 172 g/mol. The van der Waals surface area contributed by atoms with Gasteiger partial charge in [-0.15, -0.1) is 0 Å². The number of benzene rings is 1. The Labute approximate surface area is 85.5 Å². The highest BCUT2D eigenvalue weighted by Gasteiger charge is 1.89. The average Bonchev–Trinajstić information content (AvgIpc) is 2.25. The van der Waals surface area contributed by atoms with Crippen molar-refractivity contribution in [3.63, 3.8) is 0 Å². The molecule has 1 nitrogen and oxygen atoms in total. The third-order valence-corrected chi connectivity index (χ3v) is 2.08. The normalized spacial score (nSPS) is 10.6. The zero-order valence-corrected chi connectivity index (χ0v) is 8.36. The van der Waals surface area contributed by atoms with Crippen LogP contribution in [0.3, 0.4) is 0 Å². The van der Waals surface area contributed by atoms with Crippen molar-refractivity contribution < 1.29 is 4.79 Å². The van der Waals surface area contributed by atoms with Crippen LogP contribution in [0.25, 0.3) is 0 Å². The smallest absolute Gasteiger partial charge is 0.123 e. The minimum Gasteiger partial charge on any atom is -0.303 e. The number of allylic oxidation sites excluding steroid dienone is 2. The minimum atomic E-state index is 0.547. The van der Waals surface area contributed by atoms with E-state index in [-0.39, 0.29) is 0 Å². The quantitative estimate of drug-likeness (QED) is 0.381. The van der Waals surface area contributed by atoms with Crippen LogP contribution in [0.15, 0.2) is 42.5 Å². The van der Waals surface area contributed by atoms with Crippen molar-refractivity contribution >= 4 is 6.29 Å². The summed E-state index contributed by atoms with van der Waals surface area (Å²) in [5.74, 6) is 0. The van der Waals surface area contributed by atoms with Crippen molar-refractivity contribution in [3.05, 3.63) is 48.0 Å². The van der Waals surface area contributed by atoms with Gasteiger partial charge in [0.15, 0.2) is 0 Å². The van der Waals surface area contributed by atoms with E-state index < -0.39 is 0 Å². The summed E-state index contributed by atoms with van der Waals surface area (Å²) in [7, 11) is 0. The monoisotopic (exact) mass is 188 g/mol. The highest BCUT2D eigenvalue weighted by atomic mass is 16.1. The minimum absolute atomic E-state index is 0.547. The van der Waals surface area contributed by atoms with E-state index in [0.29, 0.717) is 6.42 Å². The van der Waals surface area contributed by atoms with E-state index in [4.69, 9.17) is 0 Å². The Bertz CT molecular complexity index is 275. The lowest BCUT2D eigenvalue weighted by Gasteiger charge is -1.97. The van der Waals surface area contributed by atoms with Crippen LogP contribution in [0.4, 0.5) is 0 Å². The van der Waals surface area contributed by atoms with Crippen LogP contribution in [0.5, 0.6) is 0 Å². The van der Waals surface area contributed by atoms with Crippen LogP contribution < -0.4 is 0 Å². The molecule has 0 heterocycles. The molecule has 0 bridgehead atoms. The highest BCUT2D eigenvalue weighted by molar-refractivity contribution is 5.51. The summed E-state index contributed by atoms with van der Waals surface area (Å²) < 4.78 is 0. The first-order valence-corrected chi connectivity index (χ1v) is 5.06. The molecule has 0 aliphatic rings. The van der Waals surface area contributed by atoms with Crippen LogP contribution >= 0.6 is 0 Å². The number of aldehydes is 1. The van der Waals surface area contributed by atoms with Gasteiger partial charge in [-0.05, 0) is 24.8 Å². The summed E-state index contributed by atoms with van der Waals surface area (Å²) in [5.41, 5.74) is 1.39. The van der Waals surface area contributed by atoms with Crippen molar-refractivity contribution in [2.75, 3.05) is 0 Å². The van der Waals surface area contributed by atoms with Crippen molar-refractivity contribution in [2.45, 2.75) is 25.7 Å². The van der Waals surface area contributed by atoms with Gasteiger partial charge in [0.2, 0.25) is 0 Å². The Morgan fingerprint density at radius 2 is 1.86 bits per heavy atom. The van der Waals surface area contributed by atoms with Crippen molar-refractivity contribution in [3.8, 4) is 0 Å². The van der Waals surface area contributed by atoms with Crippen LogP contribution in [0.2, 0.25) is 0 Å². The number of hydrogen-bond acceptors (Lipinski definition) is 1. The zero-order chi connectivity index (χ0) is 10.1. The van der Waals surface area contributed by atoms with Gasteiger partial charge >= 0.3 is 0 Å². The second kappa shape index (κ2) is 7.07. The van der Waals surface area contributed by atoms with Crippen LogP contribution in [0.1, 0.15) is 24.8 Å². The topological polar surface area (TPSA) is 17.1 Å². The van der Waals surface area contributed by atoms with Crippen LogP contribution in [-0.4, -0.2) is 6.29 Å². The number of aryl methyl sites for hydroxylation is 1. The van der Waals surface area contributed by atoms with Gasteiger partial charge in [-0.3, -0.25) is 0 Å². The molecule has 0 saturated carbocycles. The second-order valence-corrected chi connectivity index (χ2v) is 3.25. The predicted molar refractivity (Wildman–Crippen MR) is 59.2 cm³/mol. The fourth-order valence-corrected chi connectivity index (χ4v) is 1.34. The Morgan fingerprint density at radius 3 is 2.57 bits per heavy atom. The molecule has 0 amide bonds. The van der Waals surface area contributed by atoms with E-state index in [1.54, 1.807) is 0 Å². The molecule has 0 unspecified atom stereocenters. The number of carbonyl (C=O) groups is 1. The molecule has 0 N–H and O–H groups in total. The van der Waals surface area contributed by atoms with Crippen LogP contribution in [-0.2, 0) is 11.2 Å². The maximum absolute atomic E-state index is 10.0. The summed E-state index contributed by atoms with van der Waals surface area (Å²) in [6.45, 7) is 0. The predicted octanol–water partition coefficient (Wildman–Crippen LogP) is 3.15. The summed E-state index contributed by atoms with van der Waals surface area (Å²) in [6, 6.07) is 10.5. The second-order valence-electron chi connectivity index (χ2n) is 3.25. The largest absolute Gasteiger partial charge is 0.303 e. The molecule has 0 radical (unpaired) electrons. The molecule has 1 aromatic carbocycles. The summed E-state index contributed by atoms with van der Waals surface area (Å²) in [4.78, 5) is 10.0. The summed E-state index contributed by atoms with van der Waals surface area (Å²) in [6.07, 6.45) is 8.81. The van der Waals surface area contributed by atoms with E-state index in [2.05, 4.69) is 30.3 Å². The molecule has 14 heavy (non-hydrogen) atoms. The maximum atomic E-state index is 10.0. The molecule has 0 saturated heterocycles. The molecule has 0 aromatic heterocycles. The molecule has 0 aliphatic carbocycles. The summed E-state index contributed by atoms with van der Waals surface area (Å²) >= 11 is 0. The Morgan fingerprint density at radius 1 is 1.07 bits per heavy atom. The first-order valence-electron chi connectivity index (χ1n) is 5.06.